The minimum atomic E-state index is -0.292. The third kappa shape index (κ3) is 2.01. The molecule has 0 bridgehead atoms. The van der Waals surface area contributed by atoms with Crippen LogP contribution in [0.15, 0.2) is 53.5 Å². The molecule has 0 amide bonds. The smallest absolute Gasteiger partial charge is 0.202 e. The van der Waals surface area contributed by atoms with Gasteiger partial charge in [-0.25, -0.2) is 4.98 Å². The third-order valence-corrected chi connectivity index (χ3v) is 3.16. The lowest BCUT2D eigenvalue weighted by Gasteiger charge is -2.03. The molecular formula is C16H12N2O2. The molecule has 0 unspecified atom stereocenters. The molecule has 98 valence electrons. The maximum Gasteiger partial charge on any atom is 0.202 e. The zero-order valence-corrected chi connectivity index (χ0v) is 10.9. The first-order valence-electron chi connectivity index (χ1n) is 6.25. The van der Waals surface area contributed by atoms with Crippen molar-refractivity contribution in [2.24, 2.45) is 0 Å². The predicted octanol–water partition coefficient (Wildman–Crippen LogP) is 2.46. The fourth-order valence-corrected chi connectivity index (χ4v) is 2.11. The van der Waals surface area contributed by atoms with Crippen LogP contribution in [-0.4, -0.2) is 15.8 Å². The van der Waals surface area contributed by atoms with E-state index in [-0.39, 0.29) is 16.8 Å². The summed E-state index contributed by atoms with van der Waals surface area (Å²) < 4.78 is 0. The number of rotatable bonds is 2. The van der Waals surface area contributed by atoms with Crippen molar-refractivity contribution < 1.29 is 4.79 Å². The molecule has 0 aliphatic carbocycles. The Balaban J connectivity index is 2.19. The van der Waals surface area contributed by atoms with Gasteiger partial charge in [0.2, 0.25) is 5.43 Å². The molecule has 1 N–H and O–H groups in total. The summed E-state index contributed by atoms with van der Waals surface area (Å²) in [4.78, 5) is 31.9. The molecular weight excluding hydrogens is 252 g/mol. The number of benzene rings is 1. The number of fused-ring (bicyclic) bond motifs is 1. The minimum absolute atomic E-state index is 0.134. The molecule has 0 spiro atoms. The van der Waals surface area contributed by atoms with Crippen molar-refractivity contribution in [2.45, 2.75) is 6.92 Å². The highest BCUT2D eigenvalue weighted by atomic mass is 16.1. The number of aryl methyl sites for hydroxylation is 1. The van der Waals surface area contributed by atoms with Crippen LogP contribution >= 0.6 is 0 Å². The lowest BCUT2D eigenvalue weighted by atomic mass is 10.0. The van der Waals surface area contributed by atoms with Crippen molar-refractivity contribution >= 4 is 16.8 Å². The number of pyridine rings is 2. The van der Waals surface area contributed by atoms with Gasteiger partial charge in [-0.1, -0.05) is 30.3 Å². The molecule has 0 atom stereocenters. The van der Waals surface area contributed by atoms with E-state index in [9.17, 15) is 9.59 Å². The Kier molecular flexibility index (Phi) is 2.91. The fourth-order valence-electron chi connectivity index (χ4n) is 2.11. The average molecular weight is 264 g/mol. The number of carbonyl (C=O) groups excluding carboxylic acids is 1. The number of carbonyl (C=O) groups is 1. The third-order valence-electron chi connectivity index (χ3n) is 3.16. The van der Waals surface area contributed by atoms with E-state index in [0.29, 0.717) is 16.6 Å². The van der Waals surface area contributed by atoms with E-state index < -0.39 is 0 Å². The average Bonchev–Trinajstić information content (AvgIpc) is 2.48. The summed E-state index contributed by atoms with van der Waals surface area (Å²) in [6.07, 6.45) is 1.44. The van der Waals surface area contributed by atoms with Crippen LogP contribution in [0.3, 0.4) is 0 Å². The second-order valence-corrected chi connectivity index (χ2v) is 4.58. The molecule has 0 aliphatic heterocycles. The highest BCUT2D eigenvalue weighted by molar-refractivity contribution is 6.09. The molecule has 4 heteroatoms. The van der Waals surface area contributed by atoms with Crippen LogP contribution in [0, 0.1) is 6.92 Å². The number of aromatic amines is 1. The molecule has 4 nitrogen and oxygen atoms in total. The molecule has 0 radical (unpaired) electrons. The Bertz CT molecular complexity index is 851. The normalized spacial score (nSPS) is 10.7. The minimum Gasteiger partial charge on any atom is -0.345 e. The molecule has 3 rings (SSSR count). The Labute approximate surface area is 115 Å². The molecule has 0 aliphatic rings. The van der Waals surface area contributed by atoms with Gasteiger partial charge in [0, 0.05) is 17.5 Å². The van der Waals surface area contributed by atoms with Gasteiger partial charge in [-0.15, -0.1) is 0 Å². The molecule has 2 heterocycles. The van der Waals surface area contributed by atoms with Crippen LogP contribution in [0.5, 0.6) is 0 Å². The molecule has 0 fully saturated rings. The van der Waals surface area contributed by atoms with Gasteiger partial charge in [0.25, 0.3) is 0 Å². The molecule has 3 aromatic rings. The second kappa shape index (κ2) is 4.74. The lowest BCUT2D eigenvalue weighted by molar-refractivity contribution is 0.103. The Morgan fingerprint density at radius 1 is 1.10 bits per heavy atom. The molecule has 2 aromatic heterocycles. The van der Waals surface area contributed by atoms with Crippen molar-refractivity contribution in [3.05, 3.63) is 75.7 Å². The first kappa shape index (κ1) is 12.3. The second-order valence-electron chi connectivity index (χ2n) is 4.58. The van der Waals surface area contributed by atoms with Crippen molar-refractivity contribution in [2.75, 3.05) is 0 Å². The van der Waals surface area contributed by atoms with Gasteiger partial charge in [-0.2, -0.15) is 0 Å². The van der Waals surface area contributed by atoms with Crippen molar-refractivity contribution in [3.8, 4) is 0 Å². The topological polar surface area (TPSA) is 62.8 Å². The number of ketones is 1. The zero-order chi connectivity index (χ0) is 14.1. The number of H-pyrrole nitrogens is 1. The summed E-state index contributed by atoms with van der Waals surface area (Å²) >= 11 is 0. The summed E-state index contributed by atoms with van der Waals surface area (Å²) in [7, 11) is 0. The quantitative estimate of drug-likeness (QED) is 0.723. The van der Waals surface area contributed by atoms with Gasteiger partial charge in [-0.05, 0) is 19.1 Å². The van der Waals surface area contributed by atoms with Crippen LogP contribution in [-0.2, 0) is 0 Å². The summed E-state index contributed by atoms with van der Waals surface area (Å²) in [5.74, 6) is -0.283. The Morgan fingerprint density at radius 3 is 2.60 bits per heavy atom. The maximum absolute atomic E-state index is 12.4. The van der Waals surface area contributed by atoms with Crippen LogP contribution in [0.25, 0.3) is 11.0 Å². The van der Waals surface area contributed by atoms with Crippen molar-refractivity contribution in [3.63, 3.8) is 0 Å². The van der Waals surface area contributed by atoms with Gasteiger partial charge in [0.15, 0.2) is 5.78 Å². The summed E-state index contributed by atoms with van der Waals surface area (Å²) in [6.45, 7) is 1.85. The van der Waals surface area contributed by atoms with Crippen LogP contribution in [0.4, 0.5) is 0 Å². The molecule has 20 heavy (non-hydrogen) atoms. The van der Waals surface area contributed by atoms with Gasteiger partial charge in [-0.3, -0.25) is 9.59 Å². The highest BCUT2D eigenvalue weighted by Gasteiger charge is 2.14. The van der Waals surface area contributed by atoms with E-state index in [4.69, 9.17) is 0 Å². The number of aromatic nitrogens is 2. The number of nitrogens with zero attached hydrogens (tertiary/aromatic N) is 1. The van der Waals surface area contributed by atoms with Crippen molar-refractivity contribution in [1.82, 2.24) is 9.97 Å². The standard InChI is InChI=1S/C16H12N2O2/c1-10-7-8-12-15(20)13(9-17-16(12)18-10)14(19)11-5-3-2-4-6-11/h2-9H,1H3,(H,17,18,20). The fraction of sp³-hybridized carbons (Fsp3) is 0.0625. The van der Waals surface area contributed by atoms with Crippen LogP contribution < -0.4 is 5.43 Å². The van der Waals surface area contributed by atoms with E-state index in [1.807, 2.05) is 13.0 Å². The molecule has 0 saturated carbocycles. The lowest BCUT2D eigenvalue weighted by Crippen LogP contribution is -2.17. The van der Waals surface area contributed by atoms with E-state index in [0.717, 1.165) is 5.69 Å². The van der Waals surface area contributed by atoms with Gasteiger partial charge < -0.3 is 4.98 Å². The van der Waals surface area contributed by atoms with Gasteiger partial charge in [0.05, 0.1) is 10.9 Å². The Morgan fingerprint density at radius 2 is 1.85 bits per heavy atom. The largest absolute Gasteiger partial charge is 0.345 e. The maximum atomic E-state index is 12.4. The first-order valence-corrected chi connectivity index (χ1v) is 6.25. The number of nitrogens with one attached hydrogen (secondary N) is 1. The Hall–Kier alpha value is -2.75. The number of hydrogen-bond acceptors (Lipinski definition) is 3. The first-order chi connectivity index (χ1) is 9.66. The van der Waals surface area contributed by atoms with Gasteiger partial charge in [0.1, 0.15) is 5.65 Å². The van der Waals surface area contributed by atoms with E-state index >= 15 is 0 Å². The summed E-state index contributed by atoms with van der Waals surface area (Å²) in [5, 5.41) is 0.428. The van der Waals surface area contributed by atoms with Crippen LogP contribution in [0.1, 0.15) is 21.6 Å². The highest BCUT2D eigenvalue weighted by Crippen LogP contribution is 2.10. The SMILES string of the molecule is Cc1ccc2c(=O)c(C(=O)c3ccccc3)c[nH]c2n1. The monoisotopic (exact) mass is 264 g/mol. The van der Waals surface area contributed by atoms with E-state index in [2.05, 4.69) is 9.97 Å². The zero-order valence-electron chi connectivity index (χ0n) is 10.9. The van der Waals surface area contributed by atoms with E-state index in [1.165, 1.54) is 6.20 Å². The van der Waals surface area contributed by atoms with Crippen molar-refractivity contribution in [1.29, 1.82) is 0 Å². The summed E-state index contributed by atoms with van der Waals surface area (Å²) in [5.41, 5.74) is 1.65. The van der Waals surface area contributed by atoms with Gasteiger partial charge >= 0.3 is 0 Å². The van der Waals surface area contributed by atoms with E-state index in [1.54, 1.807) is 36.4 Å². The number of hydrogen-bond donors (Lipinski definition) is 1. The molecule has 1 aromatic carbocycles. The van der Waals surface area contributed by atoms with Crippen LogP contribution in [0.2, 0.25) is 0 Å². The summed E-state index contributed by atoms with van der Waals surface area (Å²) in [6, 6.07) is 12.2. The molecule has 0 saturated heterocycles. The predicted molar refractivity (Wildman–Crippen MR) is 77.0 cm³/mol.